The molecule has 1 aromatic rings. The van der Waals surface area contributed by atoms with E-state index in [2.05, 4.69) is 5.32 Å². The highest BCUT2D eigenvalue weighted by atomic mass is 32.2. The monoisotopic (exact) mass is 340 g/mol. The highest BCUT2D eigenvalue weighted by Gasteiger charge is 2.35. The van der Waals surface area contributed by atoms with Crippen molar-refractivity contribution in [3.63, 3.8) is 0 Å². The van der Waals surface area contributed by atoms with Crippen molar-refractivity contribution in [1.29, 1.82) is 0 Å². The van der Waals surface area contributed by atoms with E-state index in [-0.39, 0.29) is 18.3 Å². The van der Waals surface area contributed by atoms with Crippen LogP contribution in [0, 0.1) is 0 Å². The molecule has 0 atom stereocenters. The second-order valence-corrected chi connectivity index (χ2v) is 8.44. The zero-order chi connectivity index (χ0) is 16.9. The van der Waals surface area contributed by atoms with Crippen LogP contribution in [0.3, 0.4) is 0 Å². The third-order valence-electron chi connectivity index (χ3n) is 4.01. The van der Waals surface area contributed by atoms with Gasteiger partial charge in [0.25, 0.3) is 0 Å². The Balaban J connectivity index is 1.95. The molecule has 2 rings (SSSR count). The molecule has 7 heteroatoms. The topological polar surface area (TPSA) is 98.5 Å². The van der Waals surface area contributed by atoms with E-state index in [0.29, 0.717) is 24.3 Å². The van der Waals surface area contributed by atoms with Crippen molar-refractivity contribution >= 4 is 21.4 Å². The summed E-state index contributed by atoms with van der Waals surface area (Å²) in [6.45, 7) is 0.0804. The fraction of sp³-hybridized carbons (Fsp3) is 0.562. The maximum absolute atomic E-state index is 12.4. The lowest BCUT2D eigenvalue weighted by atomic mass is 9.82. The van der Waals surface area contributed by atoms with Gasteiger partial charge in [-0.25, -0.2) is 8.42 Å². The second-order valence-electron chi connectivity index (χ2n) is 6.18. The highest BCUT2D eigenvalue weighted by molar-refractivity contribution is 7.90. The maximum atomic E-state index is 12.4. The molecule has 6 nitrogen and oxygen atoms in total. The number of hydrogen-bond donors (Lipinski definition) is 2. The van der Waals surface area contributed by atoms with Gasteiger partial charge in [-0.15, -0.1) is 0 Å². The number of rotatable bonds is 6. The molecule has 0 heterocycles. The van der Waals surface area contributed by atoms with Crippen molar-refractivity contribution in [3.8, 4) is 5.75 Å². The Morgan fingerprint density at radius 3 is 2.65 bits per heavy atom. The molecule has 0 aliphatic heterocycles. The van der Waals surface area contributed by atoms with Crippen molar-refractivity contribution in [3.05, 3.63) is 24.3 Å². The fourth-order valence-electron chi connectivity index (χ4n) is 2.64. The summed E-state index contributed by atoms with van der Waals surface area (Å²) in [5.41, 5.74) is 6.01. The summed E-state index contributed by atoms with van der Waals surface area (Å²) in [6.07, 6.45) is 5.62. The van der Waals surface area contributed by atoms with Crippen molar-refractivity contribution in [2.45, 2.75) is 37.6 Å². The van der Waals surface area contributed by atoms with Gasteiger partial charge in [0.05, 0.1) is 11.3 Å². The number of nitrogens with two attached hydrogens (primary N) is 1. The van der Waals surface area contributed by atoms with Gasteiger partial charge in [-0.3, -0.25) is 4.79 Å². The Bertz CT molecular complexity index is 652. The van der Waals surface area contributed by atoms with Crippen LogP contribution in [0.15, 0.2) is 24.3 Å². The van der Waals surface area contributed by atoms with Crippen molar-refractivity contribution in [2.75, 3.05) is 23.9 Å². The third kappa shape index (κ3) is 5.51. The smallest absolute Gasteiger partial charge is 0.244 e. The largest absolute Gasteiger partial charge is 0.492 e. The van der Waals surface area contributed by atoms with Crippen molar-refractivity contribution in [2.24, 2.45) is 5.73 Å². The lowest BCUT2D eigenvalue weighted by Gasteiger charge is -2.31. The highest BCUT2D eigenvalue weighted by Crippen LogP contribution is 2.27. The third-order valence-corrected chi connectivity index (χ3v) is 4.92. The molecule has 0 unspecified atom stereocenters. The molecule has 1 amide bonds. The molecule has 0 bridgehead atoms. The first-order valence-electron chi connectivity index (χ1n) is 7.79. The van der Waals surface area contributed by atoms with Gasteiger partial charge in [-0.2, -0.15) is 0 Å². The number of benzene rings is 1. The predicted octanol–water partition coefficient (Wildman–Crippen LogP) is 1.71. The van der Waals surface area contributed by atoms with Crippen LogP contribution >= 0.6 is 0 Å². The number of nitrogens with one attached hydrogen (secondary N) is 1. The van der Waals surface area contributed by atoms with Gasteiger partial charge in [0.15, 0.2) is 9.84 Å². The minimum Gasteiger partial charge on any atom is -0.492 e. The van der Waals surface area contributed by atoms with Gasteiger partial charge in [0, 0.05) is 18.0 Å². The number of anilines is 1. The molecule has 1 fully saturated rings. The summed E-state index contributed by atoms with van der Waals surface area (Å²) in [4.78, 5) is 12.4. The first-order valence-corrected chi connectivity index (χ1v) is 9.85. The van der Waals surface area contributed by atoms with Gasteiger partial charge < -0.3 is 15.8 Å². The molecule has 23 heavy (non-hydrogen) atoms. The van der Waals surface area contributed by atoms with E-state index >= 15 is 0 Å². The van der Waals surface area contributed by atoms with E-state index in [4.69, 9.17) is 10.5 Å². The molecule has 0 aromatic heterocycles. The number of carbonyl (C=O) groups is 1. The molecule has 128 valence electrons. The Morgan fingerprint density at radius 1 is 1.30 bits per heavy atom. The van der Waals surface area contributed by atoms with Crippen LogP contribution in [0.2, 0.25) is 0 Å². The van der Waals surface area contributed by atoms with Gasteiger partial charge in [0.2, 0.25) is 5.91 Å². The van der Waals surface area contributed by atoms with Crippen LogP contribution < -0.4 is 15.8 Å². The summed E-state index contributed by atoms with van der Waals surface area (Å²) >= 11 is 0. The molecule has 1 aliphatic rings. The molecule has 1 aliphatic carbocycles. The summed E-state index contributed by atoms with van der Waals surface area (Å²) in [5, 5.41) is 2.84. The van der Waals surface area contributed by atoms with Crippen LogP contribution in [-0.4, -0.2) is 38.5 Å². The van der Waals surface area contributed by atoms with Gasteiger partial charge in [-0.05, 0) is 25.0 Å². The van der Waals surface area contributed by atoms with E-state index < -0.39 is 15.4 Å². The van der Waals surface area contributed by atoms with Crippen LogP contribution in [0.4, 0.5) is 5.69 Å². The van der Waals surface area contributed by atoms with Crippen molar-refractivity contribution < 1.29 is 17.9 Å². The number of amides is 1. The van der Waals surface area contributed by atoms with Gasteiger partial charge in [0.1, 0.15) is 12.4 Å². The lowest BCUT2D eigenvalue weighted by Crippen LogP contribution is -2.52. The van der Waals surface area contributed by atoms with Gasteiger partial charge in [-0.1, -0.05) is 25.3 Å². The number of carbonyl (C=O) groups excluding carboxylic acids is 1. The lowest BCUT2D eigenvalue weighted by molar-refractivity contribution is -0.122. The summed E-state index contributed by atoms with van der Waals surface area (Å²) in [5.74, 6) is 0.293. The average Bonchev–Trinajstić information content (AvgIpc) is 2.47. The standard InChI is InChI=1S/C16H24N2O4S/c1-23(20,21)11-10-22-14-7-5-6-13(12-14)18-15(19)16(17)8-3-2-4-9-16/h5-7,12H,2-4,8-11,17H2,1H3,(H,18,19). The Morgan fingerprint density at radius 2 is 2.00 bits per heavy atom. The van der Waals surface area contributed by atoms with Crippen LogP contribution in [-0.2, 0) is 14.6 Å². The molecule has 0 spiro atoms. The first-order chi connectivity index (χ1) is 10.8. The second kappa shape index (κ2) is 7.31. The summed E-state index contributed by atoms with van der Waals surface area (Å²) in [7, 11) is -3.06. The number of ether oxygens (including phenoxy) is 1. The minimum absolute atomic E-state index is 0.0461. The zero-order valence-corrected chi connectivity index (χ0v) is 14.2. The molecule has 0 saturated heterocycles. The molecule has 0 radical (unpaired) electrons. The molecular weight excluding hydrogens is 316 g/mol. The summed E-state index contributed by atoms with van der Waals surface area (Å²) in [6, 6.07) is 6.89. The zero-order valence-electron chi connectivity index (χ0n) is 13.4. The SMILES string of the molecule is CS(=O)(=O)CCOc1cccc(NC(=O)C2(N)CCCCC2)c1. The van der Waals surface area contributed by atoms with E-state index in [0.717, 1.165) is 25.5 Å². The molecule has 3 N–H and O–H groups in total. The van der Waals surface area contributed by atoms with Crippen molar-refractivity contribution in [1.82, 2.24) is 0 Å². The Hall–Kier alpha value is -1.60. The normalized spacial score (nSPS) is 17.5. The predicted molar refractivity (Wildman–Crippen MR) is 90.3 cm³/mol. The Kier molecular flexibility index (Phi) is 5.64. The average molecular weight is 340 g/mol. The molecule has 1 aromatic carbocycles. The number of hydrogen-bond acceptors (Lipinski definition) is 5. The Labute approximate surface area is 137 Å². The quantitative estimate of drug-likeness (QED) is 0.821. The van der Waals surface area contributed by atoms with E-state index in [9.17, 15) is 13.2 Å². The van der Waals surface area contributed by atoms with E-state index in [1.165, 1.54) is 0 Å². The summed E-state index contributed by atoms with van der Waals surface area (Å²) < 4.78 is 27.6. The van der Waals surface area contributed by atoms with Gasteiger partial charge >= 0.3 is 0 Å². The first kappa shape index (κ1) is 17.7. The van der Waals surface area contributed by atoms with E-state index in [1.807, 2.05) is 0 Å². The van der Waals surface area contributed by atoms with Crippen LogP contribution in [0.1, 0.15) is 32.1 Å². The fourth-order valence-corrected chi connectivity index (χ4v) is 3.03. The molecule has 1 saturated carbocycles. The number of sulfone groups is 1. The molecular formula is C16H24N2O4S. The van der Waals surface area contributed by atoms with Crippen LogP contribution in [0.5, 0.6) is 5.75 Å². The van der Waals surface area contributed by atoms with Crippen LogP contribution in [0.25, 0.3) is 0 Å². The van der Waals surface area contributed by atoms with E-state index in [1.54, 1.807) is 24.3 Å². The minimum atomic E-state index is -3.06. The maximum Gasteiger partial charge on any atom is 0.244 e.